The van der Waals surface area contributed by atoms with Crippen molar-refractivity contribution in [3.05, 3.63) is 94.9 Å². The van der Waals surface area contributed by atoms with Crippen LogP contribution in [0.1, 0.15) is 39.3 Å². The smallest absolute Gasteiger partial charge is 0.273 e. The number of ether oxygens (including phenoxy) is 2. The number of rotatable bonds is 7. The van der Waals surface area contributed by atoms with Crippen molar-refractivity contribution in [1.29, 1.82) is 0 Å². The summed E-state index contributed by atoms with van der Waals surface area (Å²) in [6, 6.07) is 20.2. The number of fused-ring (bicyclic) bond motifs is 2. The van der Waals surface area contributed by atoms with Gasteiger partial charge in [-0.15, -0.1) is 0 Å². The van der Waals surface area contributed by atoms with Crippen molar-refractivity contribution in [2.24, 2.45) is 0 Å². The van der Waals surface area contributed by atoms with Crippen molar-refractivity contribution in [1.82, 2.24) is 14.3 Å². The van der Waals surface area contributed by atoms with Crippen molar-refractivity contribution in [2.75, 3.05) is 13.3 Å². The summed E-state index contributed by atoms with van der Waals surface area (Å²) < 4.78 is 12.9. The van der Waals surface area contributed by atoms with Gasteiger partial charge in [-0.2, -0.15) is 0 Å². The van der Waals surface area contributed by atoms with Gasteiger partial charge in [0.1, 0.15) is 11.3 Å². The lowest BCUT2D eigenvalue weighted by Crippen LogP contribution is -2.33. The molecule has 1 aliphatic heterocycles. The van der Waals surface area contributed by atoms with Crippen LogP contribution in [0.4, 0.5) is 0 Å². The van der Waals surface area contributed by atoms with E-state index in [1.165, 1.54) is 5.56 Å². The van der Waals surface area contributed by atoms with Crippen LogP contribution in [0.25, 0.3) is 5.65 Å². The average Bonchev–Trinajstić information content (AvgIpc) is 3.41. The Morgan fingerprint density at radius 1 is 1.00 bits per heavy atom. The standard InChI is InChI=1S/C27H27N3O3/c1-19-12-14-30-25(15-19)28-20(2)26(30)27(31)29(13-6-9-21-7-4-3-5-8-21)17-22-10-11-23-24(16-22)33-18-32-23/h3-5,7-8,10-12,14-16H,6,9,13,17-18H2,1-2H3. The molecule has 0 fully saturated rings. The molecule has 6 nitrogen and oxygen atoms in total. The molecule has 2 aromatic heterocycles. The highest BCUT2D eigenvalue weighted by atomic mass is 16.7. The lowest BCUT2D eigenvalue weighted by Gasteiger charge is -2.23. The zero-order chi connectivity index (χ0) is 22.8. The topological polar surface area (TPSA) is 56.1 Å². The first-order chi connectivity index (χ1) is 16.1. The highest BCUT2D eigenvalue weighted by molar-refractivity contribution is 5.94. The monoisotopic (exact) mass is 441 g/mol. The molecule has 0 radical (unpaired) electrons. The van der Waals surface area contributed by atoms with Gasteiger partial charge >= 0.3 is 0 Å². The molecule has 3 heterocycles. The first kappa shape index (κ1) is 21.1. The molecule has 0 spiro atoms. The number of nitrogens with zero attached hydrogens (tertiary/aromatic N) is 3. The van der Waals surface area contributed by atoms with Crippen LogP contribution >= 0.6 is 0 Å². The maximum absolute atomic E-state index is 13.8. The summed E-state index contributed by atoms with van der Waals surface area (Å²) in [5, 5.41) is 0. The Balaban J connectivity index is 1.42. The summed E-state index contributed by atoms with van der Waals surface area (Å²) in [5.41, 5.74) is 5.55. The third kappa shape index (κ3) is 4.42. The average molecular weight is 442 g/mol. The van der Waals surface area contributed by atoms with Crippen LogP contribution in [0.2, 0.25) is 0 Å². The molecule has 5 rings (SSSR count). The lowest BCUT2D eigenvalue weighted by molar-refractivity contribution is 0.0733. The molecule has 1 aliphatic rings. The molecule has 0 N–H and O–H groups in total. The van der Waals surface area contributed by atoms with Crippen molar-refractivity contribution in [2.45, 2.75) is 33.2 Å². The van der Waals surface area contributed by atoms with Crippen molar-refractivity contribution in [3.8, 4) is 11.5 Å². The predicted octanol–water partition coefficient (Wildman–Crippen LogP) is 4.96. The molecule has 0 bridgehead atoms. The second-order valence-electron chi connectivity index (χ2n) is 8.48. The van der Waals surface area contributed by atoms with Gasteiger partial charge in [-0.05, 0) is 67.6 Å². The summed E-state index contributed by atoms with van der Waals surface area (Å²) in [4.78, 5) is 20.4. The molecule has 0 atom stereocenters. The van der Waals surface area contributed by atoms with E-state index in [-0.39, 0.29) is 12.7 Å². The number of aryl methyl sites for hydroxylation is 3. The molecular weight excluding hydrogens is 414 g/mol. The van der Waals surface area contributed by atoms with Crippen molar-refractivity contribution >= 4 is 11.6 Å². The van der Waals surface area contributed by atoms with Gasteiger partial charge in [0.15, 0.2) is 11.5 Å². The fourth-order valence-electron chi connectivity index (χ4n) is 4.30. The molecule has 0 saturated heterocycles. The second kappa shape index (κ2) is 8.98. The molecule has 6 heteroatoms. The first-order valence-corrected chi connectivity index (χ1v) is 11.3. The van der Waals surface area contributed by atoms with Gasteiger partial charge < -0.3 is 14.4 Å². The van der Waals surface area contributed by atoms with E-state index in [2.05, 4.69) is 29.2 Å². The van der Waals surface area contributed by atoms with Crippen LogP contribution in [-0.4, -0.2) is 33.5 Å². The summed E-state index contributed by atoms with van der Waals surface area (Å²) in [6.45, 7) is 5.29. The Morgan fingerprint density at radius 3 is 2.67 bits per heavy atom. The van der Waals surface area contributed by atoms with Gasteiger partial charge in [0, 0.05) is 19.3 Å². The zero-order valence-electron chi connectivity index (χ0n) is 19.0. The SMILES string of the molecule is Cc1ccn2c(C(=O)N(CCCc3ccccc3)Cc3ccc4c(c3)OCO4)c(C)nc2c1. The van der Waals surface area contributed by atoms with Gasteiger partial charge in [-0.25, -0.2) is 4.98 Å². The summed E-state index contributed by atoms with van der Waals surface area (Å²) in [7, 11) is 0. The second-order valence-corrected chi connectivity index (χ2v) is 8.48. The number of pyridine rings is 1. The zero-order valence-corrected chi connectivity index (χ0v) is 19.0. The molecule has 2 aromatic carbocycles. The van der Waals surface area contributed by atoms with Gasteiger partial charge in [0.2, 0.25) is 6.79 Å². The van der Waals surface area contributed by atoms with Gasteiger partial charge in [-0.3, -0.25) is 9.20 Å². The van der Waals surface area contributed by atoms with E-state index in [9.17, 15) is 4.79 Å². The molecule has 0 aliphatic carbocycles. The van der Waals surface area contributed by atoms with Crippen molar-refractivity contribution in [3.63, 3.8) is 0 Å². The van der Waals surface area contributed by atoms with E-state index in [0.29, 0.717) is 18.8 Å². The number of carbonyl (C=O) groups excluding carboxylic acids is 1. The van der Waals surface area contributed by atoms with E-state index in [0.717, 1.165) is 46.8 Å². The largest absolute Gasteiger partial charge is 0.454 e. The van der Waals surface area contributed by atoms with E-state index in [1.807, 2.05) is 65.7 Å². The van der Waals surface area contributed by atoms with Gasteiger partial charge in [0.05, 0.1) is 5.69 Å². The maximum atomic E-state index is 13.8. The number of hydrogen-bond acceptors (Lipinski definition) is 4. The van der Waals surface area contributed by atoms with E-state index >= 15 is 0 Å². The van der Waals surface area contributed by atoms with E-state index in [1.54, 1.807) is 0 Å². The molecule has 0 unspecified atom stereocenters. The minimum Gasteiger partial charge on any atom is -0.454 e. The van der Waals surface area contributed by atoms with Crippen LogP contribution in [0.3, 0.4) is 0 Å². The third-order valence-corrected chi connectivity index (χ3v) is 5.99. The number of aromatic nitrogens is 2. The molecule has 1 amide bonds. The number of benzene rings is 2. The Labute approximate surface area is 193 Å². The highest BCUT2D eigenvalue weighted by Gasteiger charge is 2.24. The van der Waals surface area contributed by atoms with Crippen LogP contribution in [0.15, 0.2) is 66.9 Å². The lowest BCUT2D eigenvalue weighted by atomic mass is 10.1. The molecule has 33 heavy (non-hydrogen) atoms. The van der Waals surface area contributed by atoms with Gasteiger partial charge in [-0.1, -0.05) is 36.4 Å². The normalized spacial score (nSPS) is 12.3. The van der Waals surface area contributed by atoms with E-state index < -0.39 is 0 Å². The Bertz CT molecular complexity index is 1300. The van der Waals surface area contributed by atoms with Crippen molar-refractivity contribution < 1.29 is 14.3 Å². The fourth-order valence-corrected chi connectivity index (χ4v) is 4.30. The Hall–Kier alpha value is -3.80. The van der Waals surface area contributed by atoms with Crippen LogP contribution in [-0.2, 0) is 13.0 Å². The molecular formula is C27H27N3O3. The summed E-state index contributed by atoms with van der Waals surface area (Å²) >= 11 is 0. The Kier molecular flexibility index (Phi) is 5.73. The van der Waals surface area contributed by atoms with Crippen LogP contribution < -0.4 is 9.47 Å². The predicted molar refractivity (Wildman–Crippen MR) is 127 cm³/mol. The maximum Gasteiger partial charge on any atom is 0.273 e. The molecule has 4 aromatic rings. The first-order valence-electron chi connectivity index (χ1n) is 11.3. The summed E-state index contributed by atoms with van der Waals surface area (Å²) in [6.07, 6.45) is 3.72. The molecule has 168 valence electrons. The van der Waals surface area contributed by atoms with E-state index in [4.69, 9.17) is 9.47 Å². The Morgan fingerprint density at radius 2 is 1.82 bits per heavy atom. The van der Waals surface area contributed by atoms with Crippen LogP contribution in [0, 0.1) is 13.8 Å². The summed E-state index contributed by atoms with van der Waals surface area (Å²) in [5.74, 6) is 1.45. The minimum atomic E-state index is -0.0189. The fraction of sp³-hybridized carbons (Fsp3) is 0.259. The number of hydrogen-bond donors (Lipinski definition) is 0. The number of imidazole rings is 1. The number of amides is 1. The third-order valence-electron chi connectivity index (χ3n) is 5.99. The highest BCUT2D eigenvalue weighted by Crippen LogP contribution is 2.33. The quantitative estimate of drug-likeness (QED) is 0.407. The van der Waals surface area contributed by atoms with Crippen LogP contribution in [0.5, 0.6) is 11.5 Å². The molecule has 0 saturated carbocycles. The van der Waals surface area contributed by atoms with Gasteiger partial charge in [0.25, 0.3) is 5.91 Å². The number of carbonyl (C=O) groups is 1. The minimum absolute atomic E-state index is 0.0189.